The molecule has 0 aliphatic heterocycles. The maximum atomic E-state index is 12.8. The maximum absolute atomic E-state index is 12.8. The number of anilines is 1. The molecule has 4 N–H and O–H groups in total. The second-order valence-corrected chi connectivity index (χ2v) is 5.70. The van der Waals surface area contributed by atoms with Gasteiger partial charge >= 0.3 is 0 Å². The molecule has 2 aromatic heterocycles. The Hall–Kier alpha value is -3.68. The highest BCUT2D eigenvalue weighted by Crippen LogP contribution is 2.28. The number of primary amides is 1. The molecule has 0 spiro atoms. The minimum Gasteiger partial charge on any atom is -0.493 e. The molecule has 0 unspecified atom stereocenters. The third-order valence-corrected chi connectivity index (χ3v) is 3.75. The molecule has 0 saturated heterocycles. The minimum atomic E-state index is -0.740. The van der Waals surface area contributed by atoms with Crippen molar-refractivity contribution in [1.82, 2.24) is 15.2 Å². The van der Waals surface area contributed by atoms with E-state index in [9.17, 15) is 9.59 Å². The first-order chi connectivity index (χ1) is 13.1. The van der Waals surface area contributed by atoms with Crippen LogP contribution in [0, 0.1) is 0 Å². The van der Waals surface area contributed by atoms with Crippen molar-refractivity contribution in [3.8, 4) is 17.1 Å². The first kappa shape index (κ1) is 18.1. The number of pyridine rings is 1. The molecule has 0 fully saturated rings. The summed E-state index contributed by atoms with van der Waals surface area (Å²) in [6, 6.07) is 12.1. The molecule has 0 bridgehead atoms. The monoisotopic (exact) mass is 365 g/mol. The molecule has 0 atom stereocenters. The van der Waals surface area contributed by atoms with E-state index in [1.165, 1.54) is 0 Å². The fraction of sp³-hybridized carbons (Fsp3) is 0.158. The standard InChI is InChI=1S/C19H19N5O3/c1-2-11-27-14-9-4-3-7-12(14)19(26)22-16-15(13-8-5-6-10-21-13)23-24-17(16)18(20)25/h3-10H,2,11H2,1H3,(H2,20,25)(H,22,26)(H,23,24). The number of rotatable bonds is 7. The Bertz CT molecular complexity index is 953. The lowest BCUT2D eigenvalue weighted by molar-refractivity contribution is 0.0996. The average molecular weight is 365 g/mol. The van der Waals surface area contributed by atoms with Crippen LogP contribution >= 0.6 is 0 Å². The van der Waals surface area contributed by atoms with Crippen LogP contribution in [0.2, 0.25) is 0 Å². The summed E-state index contributed by atoms with van der Waals surface area (Å²) in [5.74, 6) is -0.723. The van der Waals surface area contributed by atoms with Crippen molar-refractivity contribution in [2.45, 2.75) is 13.3 Å². The number of nitrogens with zero attached hydrogens (tertiary/aromatic N) is 2. The van der Waals surface area contributed by atoms with E-state index in [0.29, 0.717) is 29.3 Å². The van der Waals surface area contributed by atoms with Gasteiger partial charge < -0.3 is 15.8 Å². The molecule has 1 aromatic carbocycles. The molecule has 138 valence electrons. The summed E-state index contributed by atoms with van der Waals surface area (Å²) in [6.07, 6.45) is 2.40. The van der Waals surface area contributed by atoms with Gasteiger partial charge in [0.2, 0.25) is 0 Å². The molecule has 0 aliphatic carbocycles. The number of hydrogen-bond acceptors (Lipinski definition) is 5. The van der Waals surface area contributed by atoms with Crippen LogP contribution in [0.1, 0.15) is 34.2 Å². The van der Waals surface area contributed by atoms with Crippen molar-refractivity contribution in [2.75, 3.05) is 11.9 Å². The third-order valence-electron chi connectivity index (χ3n) is 3.75. The smallest absolute Gasteiger partial charge is 0.268 e. The van der Waals surface area contributed by atoms with Gasteiger partial charge in [-0.05, 0) is 30.7 Å². The van der Waals surface area contributed by atoms with E-state index in [1.807, 2.05) is 6.92 Å². The van der Waals surface area contributed by atoms with Crippen LogP contribution < -0.4 is 15.8 Å². The number of benzene rings is 1. The molecule has 0 saturated carbocycles. The van der Waals surface area contributed by atoms with Gasteiger partial charge in [0.25, 0.3) is 11.8 Å². The van der Waals surface area contributed by atoms with Gasteiger partial charge in [0, 0.05) is 6.20 Å². The SMILES string of the molecule is CCCOc1ccccc1C(=O)Nc1c(-c2ccccn2)n[nH]c1C(N)=O. The fourth-order valence-corrected chi connectivity index (χ4v) is 2.50. The molecule has 0 radical (unpaired) electrons. The van der Waals surface area contributed by atoms with Crippen molar-refractivity contribution < 1.29 is 14.3 Å². The van der Waals surface area contributed by atoms with Crippen molar-refractivity contribution in [1.29, 1.82) is 0 Å². The maximum Gasteiger partial charge on any atom is 0.268 e. The first-order valence-electron chi connectivity index (χ1n) is 8.44. The zero-order valence-corrected chi connectivity index (χ0v) is 14.7. The van der Waals surface area contributed by atoms with E-state index >= 15 is 0 Å². The number of nitrogens with one attached hydrogen (secondary N) is 2. The summed E-state index contributed by atoms with van der Waals surface area (Å²) in [4.78, 5) is 28.8. The van der Waals surface area contributed by atoms with E-state index in [2.05, 4.69) is 20.5 Å². The van der Waals surface area contributed by atoms with Gasteiger partial charge in [0.05, 0.1) is 17.9 Å². The molecule has 2 heterocycles. The van der Waals surface area contributed by atoms with Gasteiger partial charge in [-0.2, -0.15) is 5.10 Å². The van der Waals surface area contributed by atoms with Gasteiger partial charge in [0.1, 0.15) is 22.8 Å². The number of carbonyl (C=O) groups is 2. The van der Waals surface area contributed by atoms with Crippen LogP contribution in [-0.2, 0) is 0 Å². The second kappa shape index (κ2) is 8.13. The predicted octanol–water partition coefficient (Wildman–Crippen LogP) is 2.61. The zero-order valence-electron chi connectivity index (χ0n) is 14.7. The normalized spacial score (nSPS) is 10.4. The van der Waals surface area contributed by atoms with E-state index < -0.39 is 11.8 Å². The van der Waals surface area contributed by atoms with Crippen LogP contribution in [0.4, 0.5) is 5.69 Å². The Morgan fingerprint density at radius 3 is 2.67 bits per heavy atom. The van der Waals surface area contributed by atoms with E-state index in [0.717, 1.165) is 6.42 Å². The molecule has 3 rings (SSSR count). The number of carbonyl (C=O) groups excluding carboxylic acids is 2. The number of hydrogen-bond donors (Lipinski definition) is 3. The zero-order chi connectivity index (χ0) is 19.2. The Labute approximate surface area is 155 Å². The number of aromatic amines is 1. The second-order valence-electron chi connectivity index (χ2n) is 5.70. The Morgan fingerprint density at radius 1 is 1.19 bits per heavy atom. The third kappa shape index (κ3) is 3.95. The molecule has 8 heteroatoms. The Morgan fingerprint density at radius 2 is 1.96 bits per heavy atom. The van der Waals surface area contributed by atoms with Crippen LogP contribution in [0.3, 0.4) is 0 Å². The van der Waals surface area contributed by atoms with Gasteiger partial charge in [-0.25, -0.2) is 0 Å². The van der Waals surface area contributed by atoms with E-state index in [-0.39, 0.29) is 11.4 Å². The average Bonchev–Trinajstić information content (AvgIpc) is 3.11. The summed E-state index contributed by atoms with van der Waals surface area (Å²) in [6.45, 7) is 2.47. The van der Waals surface area contributed by atoms with Crippen molar-refractivity contribution in [3.63, 3.8) is 0 Å². The quantitative estimate of drug-likeness (QED) is 0.594. The van der Waals surface area contributed by atoms with Crippen molar-refractivity contribution in [2.24, 2.45) is 5.73 Å². The van der Waals surface area contributed by atoms with Crippen LogP contribution in [0.15, 0.2) is 48.7 Å². The Kier molecular flexibility index (Phi) is 5.46. The van der Waals surface area contributed by atoms with Gasteiger partial charge in [-0.15, -0.1) is 0 Å². The lowest BCUT2D eigenvalue weighted by Crippen LogP contribution is -2.19. The molecule has 2 amide bonds. The largest absolute Gasteiger partial charge is 0.493 e. The first-order valence-corrected chi connectivity index (χ1v) is 8.44. The van der Waals surface area contributed by atoms with E-state index in [1.54, 1.807) is 48.7 Å². The molecule has 27 heavy (non-hydrogen) atoms. The molecule has 3 aromatic rings. The number of amides is 2. The summed E-state index contributed by atoms with van der Waals surface area (Å²) < 4.78 is 5.63. The number of ether oxygens (including phenoxy) is 1. The molecular weight excluding hydrogens is 346 g/mol. The van der Waals surface area contributed by atoms with Crippen LogP contribution in [0.25, 0.3) is 11.4 Å². The summed E-state index contributed by atoms with van der Waals surface area (Å²) in [7, 11) is 0. The lowest BCUT2D eigenvalue weighted by Gasteiger charge is -2.11. The topological polar surface area (TPSA) is 123 Å². The van der Waals surface area contributed by atoms with Gasteiger partial charge in [0.15, 0.2) is 0 Å². The lowest BCUT2D eigenvalue weighted by atomic mass is 10.1. The van der Waals surface area contributed by atoms with Crippen molar-refractivity contribution >= 4 is 17.5 Å². The highest BCUT2D eigenvalue weighted by atomic mass is 16.5. The summed E-state index contributed by atoms with van der Waals surface area (Å²) in [5, 5.41) is 9.38. The number of nitrogens with two attached hydrogens (primary N) is 1. The van der Waals surface area contributed by atoms with Crippen LogP contribution in [0.5, 0.6) is 5.75 Å². The fourth-order valence-electron chi connectivity index (χ4n) is 2.50. The van der Waals surface area contributed by atoms with Gasteiger partial charge in [-0.1, -0.05) is 25.1 Å². The number of para-hydroxylation sites is 1. The summed E-state index contributed by atoms with van der Waals surface area (Å²) in [5.41, 5.74) is 6.74. The van der Waals surface area contributed by atoms with Gasteiger partial charge in [-0.3, -0.25) is 19.7 Å². The molecular formula is C19H19N5O3. The minimum absolute atomic E-state index is 0.00374. The summed E-state index contributed by atoms with van der Waals surface area (Å²) >= 11 is 0. The number of H-pyrrole nitrogens is 1. The highest BCUT2D eigenvalue weighted by Gasteiger charge is 2.23. The van der Waals surface area contributed by atoms with E-state index in [4.69, 9.17) is 10.5 Å². The van der Waals surface area contributed by atoms with Crippen LogP contribution in [-0.4, -0.2) is 33.6 Å². The predicted molar refractivity (Wildman–Crippen MR) is 101 cm³/mol. The molecule has 8 nitrogen and oxygen atoms in total. The Balaban J connectivity index is 1.97. The molecule has 0 aliphatic rings. The number of aromatic nitrogens is 3. The van der Waals surface area contributed by atoms with Crippen molar-refractivity contribution in [3.05, 3.63) is 59.9 Å². The highest BCUT2D eigenvalue weighted by molar-refractivity contribution is 6.11.